The highest BCUT2D eigenvalue weighted by Gasteiger charge is 1.98. The average molecular weight is 497 g/mol. The third-order valence-corrected chi connectivity index (χ3v) is 4.78. The highest BCUT2D eigenvalue weighted by Crippen LogP contribution is 1.87. The van der Waals surface area contributed by atoms with Gasteiger partial charge in [0.25, 0.3) is 0 Å². The lowest BCUT2D eigenvalue weighted by molar-refractivity contribution is -0.696. The molecular weight excluding hydrogens is 451 g/mol. The molecular formula is C24H45N6O3P. The van der Waals surface area contributed by atoms with E-state index in [-0.39, 0.29) is 0 Å². The summed E-state index contributed by atoms with van der Waals surface area (Å²) in [7, 11) is 2.76. The second kappa shape index (κ2) is 20.3. The van der Waals surface area contributed by atoms with E-state index in [0.29, 0.717) is 0 Å². The Kier molecular flexibility index (Phi) is 19.1. The molecule has 3 aromatic rings. The van der Waals surface area contributed by atoms with E-state index >= 15 is 0 Å². The average Bonchev–Trinajstić information content (AvgIpc) is 3.51. The summed E-state index contributed by atoms with van der Waals surface area (Å²) in [6.07, 6.45) is 26.5. The molecule has 10 heteroatoms. The minimum Gasteiger partial charge on any atom is -0.854 e. The van der Waals surface area contributed by atoms with Crippen molar-refractivity contribution in [1.82, 2.24) is 13.7 Å². The van der Waals surface area contributed by atoms with Crippen LogP contribution in [0.4, 0.5) is 0 Å². The Morgan fingerprint density at radius 2 is 0.794 bits per heavy atom. The molecule has 0 amide bonds. The van der Waals surface area contributed by atoms with E-state index < -0.39 is 8.60 Å². The van der Waals surface area contributed by atoms with Gasteiger partial charge in [0.2, 0.25) is 19.0 Å². The highest BCUT2D eigenvalue weighted by atomic mass is 31.2. The summed E-state index contributed by atoms with van der Waals surface area (Å²) in [5.74, 6) is 0. The minimum absolute atomic E-state index is 1.15. The Bertz CT molecular complexity index is 739. The molecule has 0 N–H and O–H groups in total. The summed E-state index contributed by atoms with van der Waals surface area (Å²) in [5, 5.41) is 0. The SMILES string of the molecule is CCCC[n+]1ccn(C)c1.CCCC[n+]1ccn(C)c1.CCCC[n+]1ccn(C)c1.[O-]P([O-])[O-]. The van der Waals surface area contributed by atoms with Crippen molar-refractivity contribution >= 4 is 8.60 Å². The fraction of sp³-hybridized carbons (Fsp3) is 0.625. The van der Waals surface area contributed by atoms with E-state index in [1.165, 1.54) is 38.5 Å². The number of aromatic nitrogens is 6. The van der Waals surface area contributed by atoms with Crippen LogP contribution in [0, 0.1) is 0 Å². The van der Waals surface area contributed by atoms with Crippen molar-refractivity contribution in [1.29, 1.82) is 0 Å². The quantitative estimate of drug-likeness (QED) is 0.321. The first-order valence-electron chi connectivity index (χ1n) is 12.1. The number of unbranched alkanes of at least 4 members (excludes halogenated alkanes) is 3. The van der Waals surface area contributed by atoms with Gasteiger partial charge in [-0.15, -0.1) is 0 Å². The molecule has 0 aliphatic heterocycles. The van der Waals surface area contributed by atoms with Gasteiger partial charge >= 0.3 is 0 Å². The van der Waals surface area contributed by atoms with Gasteiger partial charge in [0, 0.05) is 0 Å². The van der Waals surface area contributed by atoms with Crippen molar-refractivity contribution in [2.24, 2.45) is 21.1 Å². The molecule has 0 saturated heterocycles. The molecule has 3 aromatic heterocycles. The number of rotatable bonds is 9. The van der Waals surface area contributed by atoms with Crippen LogP contribution >= 0.6 is 8.60 Å². The second-order valence-corrected chi connectivity index (χ2v) is 8.68. The Labute approximate surface area is 207 Å². The molecule has 9 nitrogen and oxygen atoms in total. The third-order valence-electron chi connectivity index (χ3n) is 4.78. The van der Waals surface area contributed by atoms with E-state index in [0.717, 1.165) is 19.6 Å². The van der Waals surface area contributed by atoms with Gasteiger partial charge in [0.1, 0.15) is 37.2 Å². The smallest absolute Gasteiger partial charge is 0.243 e. The van der Waals surface area contributed by atoms with Crippen LogP contribution in [0.2, 0.25) is 0 Å². The predicted molar refractivity (Wildman–Crippen MR) is 128 cm³/mol. The summed E-state index contributed by atoms with van der Waals surface area (Å²) in [6, 6.07) is 0. The van der Waals surface area contributed by atoms with Gasteiger partial charge in [-0.3, -0.25) is 0 Å². The maximum absolute atomic E-state index is 8.48. The zero-order chi connectivity index (χ0) is 25.8. The van der Waals surface area contributed by atoms with Crippen molar-refractivity contribution in [2.45, 2.75) is 78.9 Å². The van der Waals surface area contributed by atoms with Crippen LogP contribution in [0.3, 0.4) is 0 Å². The van der Waals surface area contributed by atoms with Gasteiger partial charge in [0.15, 0.2) is 0 Å². The molecule has 0 saturated carbocycles. The standard InChI is InChI=1S/3C8H15N2.O3P/c3*1-3-4-5-10-7-6-9(2)8-10;1-4(2)3/h3*6-8H,3-5H2,1-2H3;/q3*+1;-3. The first-order valence-corrected chi connectivity index (χ1v) is 13.2. The second-order valence-electron chi connectivity index (χ2n) is 8.23. The normalized spacial score (nSPS) is 10.1. The Hall–Kier alpha value is -2.06. The van der Waals surface area contributed by atoms with Gasteiger partial charge in [-0.1, -0.05) is 40.0 Å². The molecule has 0 aliphatic rings. The molecule has 3 heterocycles. The van der Waals surface area contributed by atoms with Crippen molar-refractivity contribution in [2.75, 3.05) is 0 Å². The first kappa shape index (κ1) is 31.9. The van der Waals surface area contributed by atoms with Crippen LogP contribution in [-0.4, -0.2) is 13.7 Å². The largest absolute Gasteiger partial charge is 0.854 e. The summed E-state index contributed by atoms with van der Waals surface area (Å²) < 4.78 is 12.8. The maximum Gasteiger partial charge on any atom is 0.243 e. The maximum atomic E-state index is 8.48. The van der Waals surface area contributed by atoms with Gasteiger partial charge in [-0.25, -0.2) is 27.4 Å². The molecule has 0 atom stereocenters. The third kappa shape index (κ3) is 18.4. The molecule has 3 rings (SSSR count). The number of aryl methyl sites for hydroxylation is 6. The van der Waals surface area contributed by atoms with E-state index in [4.69, 9.17) is 14.7 Å². The lowest BCUT2D eigenvalue weighted by Crippen LogP contribution is -2.30. The Morgan fingerprint density at radius 3 is 0.941 bits per heavy atom. The molecule has 0 spiro atoms. The molecule has 0 fully saturated rings. The summed E-state index contributed by atoms with van der Waals surface area (Å²) in [4.78, 5) is 25.4. The molecule has 0 aromatic carbocycles. The Balaban J connectivity index is 0.000000445. The van der Waals surface area contributed by atoms with Crippen molar-refractivity contribution in [3.8, 4) is 0 Å². The Morgan fingerprint density at radius 1 is 0.559 bits per heavy atom. The zero-order valence-electron chi connectivity index (χ0n) is 21.9. The van der Waals surface area contributed by atoms with E-state index in [1.807, 2.05) is 21.1 Å². The summed E-state index contributed by atoms with van der Waals surface area (Å²) in [5.41, 5.74) is 0. The molecule has 0 unspecified atom stereocenters. The zero-order valence-corrected chi connectivity index (χ0v) is 22.8. The van der Waals surface area contributed by atoms with E-state index in [1.54, 1.807) is 0 Å². The van der Waals surface area contributed by atoms with Gasteiger partial charge < -0.3 is 23.3 Å². The molecule has 0 aliphatic carbocycles. The number of hydrogen-bond donors (Lipinski definition) is 0. The summed E-state index contributed by atoms with van der Waals surface area (Å²) in [6.45, 7) is 10.1. The molecule has 0 bridgehead atoms. The van der Waals surface area contributed by atoms with Crippen LogP contribution in [0.25, 0.3) is 0 Å². The van der Waals surface area contributed by atoms with Crippen molar-refractivity contribution in [3.05, 3.63) is 56.2 Å². The predicted octanol–water partition coefficient (Wildman–Crippen LogP) is 0.632. The van der Waals surface area contributed by atoms with Crippen molar-refractivity contribution < 1.29 is 28.4 Å². The van der Waals surface area contributed by atoms with Crippen molar-refractivity contribution in [3.63, 3.8) is 0 Å². The molecule has 0 radical (unpaired) electrons. The summed E-state index contributed by atoms with van der Waals surface area (Å²) >= 11 is 0. The highest BCUT2D eigenvalue weighted by molar-refractivity contribution is 7.33. The van der Waals surface area contributed by atoms with E-state index in [2.05, 4.69) is 104 Å². The number of hydrogen-bond acceptors (Lipinski definition) is 3. The van der Waals surface area contributed by atoms with Crippen LogP contribution < -0.4 is 28.4 Å². The van der Waals surface area contributed by atoms with Crippen LogP contribution in [0.5, 0.6) is 0 Å². The van der Waals surface area contributed by atoms with Gasteiger partial charge in [-0.2, -0.15) is 0 Å². The van der Waals surface area contributed by atoms with Crippen LogP contribution in [0.1, 0.15) is 59.3 Å². The van der Waals surface area contributed by atoms with Crippen LogP contribution in [-0.2, 0) is 40.8 Å². The molecule has 34 heavy (non-hydrogen) atoms. The van der Waals surface area contributed by atoms with Gasteiger partial charge in [-0.05, 0) is 19.3 Å². The van der Waals surface area contributed by atoms with Crippen LogP contribution in [0.15, 0.2) is 56.2 Å². The van der Waals surface area contributed by atoms with Gasteiger partial charge in [0.05, 0.1) is 40.8 Å². The number of nitrogens with zero attached hydrogens (tertiary/aromatic N) is 6. The number of imidazole rings is 3. The first-order chi connectivity index (χ1) is 16.2. The fourth-order valence-electron chi connectivity index (χ4n) is 2.92. The fourth-order valence-corrected chi connectivity index (χ4v) is 2.92. The lowest BCUT2D eigenvalue weighted by Gasteiger charge is -2.39. The molecule has 194 valence electrons. The van der Waals surface area contributed by atoms with E-state index in [9.17, 15) is 0 Å². The minimum atomic E-state index is -3.37. The monoisotopic (exact) mass is 496 g/mol. The lowest BCUT2D eigenvalue weighted by atomic mass is 10.3. The topological polar surface area (TPSA) is 95.6 Å².